The Morgan fingerprint density at radius 3 is 2.69 bits per heavy atom. The lowest BCUT2D eigenvalue weighted by Gasteiger charge is -2.35. The normalized spacial score (nSPS) is 22.3. The molecule has 144 valence electrons. The zero-order chi connectivity index (χ0) is 18.2. The van der Waals surface area contributed by atoms with Crippen LogP contribution < -0.4 is 10.1 Å². The Balaban J connectivity index is 1.30. The number of piperazine rings is 1. The summed E-state index contributed by atoms with van der Waals surface area (Å²) in [6, 6.07) is 9.55. The number of aliphatic hydroxyl groups excluding tert-OH is 1. The number of nitrogens with zero attached hydrogens (tertiary/aromatic N) is 2. The topological polar surface area (TPSA) is 65.0 Å². The highest BCUT2D eigenvalue weighted by Gasteiger charge is 2.24. The smallest absolute Gasteiger partial charge is 0.222 e. The van der Waals surface area contributed by atoms with Gasteiger partial charge in [0, 0.05) is 39.1 Å². The van der Waals surface area contributed by atoms with Crippen LogP contribution in [0.5, 0.6) is 5.75 Å². The van der Waals surface area contributed by atoms with Gasteiger partial charge in [-0.25, -0.2) is 0 Å². The van der Waals surface area contributed by atoms with Crippen molar-refractivity contribution >= 4 is 5.91 Å². The number of aliphatic hydroxyl groups is 1. The summed E-state index contributed by atoms with van der Waals surface area (Å²) in [5.41, 5.74) is 0. The molecule has 2 aliphatic heterocycles. The third kappa shape index (κ3) is 5.97. The van der Waals surface area contributed by atoms with Gasteiger partial charge in [-0.05, 0) is 44.0 Å². The average molecular weight is 361 g/mol. The van der Waals surface area contributed by atoms with E-state index < -0.39 is 6.10 Å². The van der Waals surface area contributed by atoms with E-state index in [0.717, 1.165) is 51.4 Å². The number of hydrogen-bond donors (Lipinski definition) is 2. The van der Waals surface area contributed by atoms with Crippen molar-refractivity contribution in [1.29, 1.82) is 0 Å². The summed E-state index contributed by atoms with van der Waals surface area (Å²) in [5, 5.41) is 13.5. The lowest BCUT2D eigenvalue weighted by Crippen LogP contribution is -2.51. The molecule has 6 nitrogen and oxygen atoms in total. The number of nitrogens with one attached hydrogen (secondary N) is 1. The van der Waals surface area contributed by atoms with Crippen LogP contribution in [0.1, 0.15) is 19.3 Å². The van der Waals surface area contributed by atoms with E-state index in [1.807, 2.05) is 35.2 Å². The molecule has 26 heavy (non-hydrogen) atoms. The summed E-state index contributed by atoms with van der Waals surface area (Å²) in [7, 11) is 0. The summed E-state index contributed by atoms with van der Waals surface area (Å²) >= 11 is 0. The maximum atomic E-state index is 12.4. The number of ether oxygens (including phenoxy) is 1. The molecule has 2 unspecified atom stereocenters. The molecule has 2 saturated heterocycles. The Kier molecular flexibility index (Phi) is 7.29. The summed E-state index contributed by atoms with van der Waals surface area (Å²) in [5.74, 6) is 1.73. The Hall–Kier alpha value is -1.63. The summed E-state index contributed by atoms with van der Waals surface area (Å²) in [6.45, 7) is 6.18. The van der Waals surface area contributed by atoms with Gasteiger partial charge in [-0.15, -0.1) is 0 Å². The lowest BCUT2D eigenvalue weighted by molar-refractivity contribution is -0.133. The van der Waals surface area contributed by atoms with Crippen LogP contribution in [0.25, 0.3) is 0 Å². The molecular formula is C20H31N3O3. The largest absolute Gasteiger partial charge is 0.491 e. The first-order valence-corrected chi connectivity index (χ1v) is 9.77. The molecule has 0 saturated carbocycles. The molecule has 2 N–H and O–H groups in total. The number of carbonyl (C=O) groups excluding carboxylic acids is 1. The van der Waals surface area contributed by atoms with Crippen molar-refractivity contribution in [2.75, 3.05) is 52.4 Å². The molecular weight excluding hydrogens is 330 g/mol. The minimum atomic E-state index is -0.521. The monoisotopic (exact) mass is 361 g/mol. The average Bonchev–Trinajstić information content (AvgIpc) is 3.19. The summed E-state index contributed by atoms with van der Waals surface area (Å²) < 4.78 is 5.60. The lowest BCUT2D eigenvalue weighted by atomic mass is 10.0. The molecule has 0 radical (unpaired) electrons. The van der Waals surface area contributed by atoms with Crippen LogP contribution >= 0.6 is 0 Å². The predicted octanol–water partition coefficient (Wildman–Crippen LogP) is 0.960. The van der Waals surface area contributed by atoms with Crippen LogP contribution in [0.4, 0.5) is 0 Å². The molecule has 2 heterocycles. The van der Waals surface area contributed by atoms with Gasteiger partial charge in [0.15, 0.2) is 0 Å². The fraction of sp³-hybridized carbons (Fsp3) is 0.650. The van der Waals surface area contributed by atoms with Gasteiger partial charge in [-0.2, -0.15) is 0 Å². The summed E-state index contributed by atoms with van der Waals surface area (Å²) in [6.07, 6.45) is 2.35. The SMILES string of the molecule is O=C(CCC1CCNC1)N1CCN(CC(O)COc2ccccc2)CC1. The van der Waals surface area contributed by atoms with E-state index in [9.17, 15) is 9.90 Å². The second-order valence-corrected chi connectivity index (χ2v) is 7.36. The number of rotatable bonds is 8. The van der Waals surface area contributed by atoms with Crippen molar-refractivity contribution in [3.05, 3.63) is 30.3 Å². The van der Waals surface area contributed by atoms with Gasteiger partial charge in [0.25, 0.3) is 0 Å². The van der Waals surface area contributed by atoms with Gasteiger partial charge >= 0.3 is 0 Å². The number of β-amino-alcohol motifs (C(OH)–C–C–N with tert-alkyl or cyclic N) is 1. The van der Waals surface area contributed by atoms with Crippen LogP contribution in [0.2, 0.25) is 0 Å². The maximum absolute atomic E-state index is 12.4. The van der Waals surface area contributed by atoms with Crippen LogP contribution in [0, 0.1) is 5.92 Å². The first-order valence-electron chi connectivity index (χ1n) is 9.77. The molecule has 2 fully saturated rings. The van der Waals surface area contributed by atoms with Crippen LogP contribution in [0.3, 0.4) is 0 Å². The van der Waals surface area contributed by atoms with Crippen molar-refractivity contribution in [3.63, 3.8) is 0 Å². The van der Waals surface area contributed by atoms with Crippen LogP contribution in [0.15, 0.2) is 30.3 Å². The van der Waals surface area contributed by atoms with Gasteiger partial charge in [0.1, 0.15) is 18.5 Å². The maximum Gasteiger partial charge on any atom is 0.222 e. The number of carbonyl (C=O) groups is 1. The van der Waals surface area contributed by atoms with E-state index >= 15 is 0 Å². The van der Waals surface area contributed by atoms with Gasteiger partial charge < -0.3 is 20.1 Å². The Labute approximate surface area is 156 Å². The number of amides is 1. The van der Waals surface area contributed by atoms with Crippen molar-refractivity contribution in [2.45, 2.75) is 25.4 Å². The van der Waals surface area contributed by atoms with Gasteiger partial charge in [-0.1, -0.05) is 18.2 Å². The first-order chi connectivity index (χ1) is 12.7. The molecule has 0 aliphatic carbocycles. The second-order valence-electron chi connectivity index (χ2n) is 7.36. The number of para-hydroxylation sites is 1. The molecule has 0 spiro atoms. The van der Waals surface area contributed by atoms with Crippen LogP contribution in [-0.2, 0) is 4.79 Å². The van der Waals surface area contributed by atoms with E-state index in [1.54, 1.807) is 0 Å². The molecule has 2 atom stereocenters. The zero-order valence-corrected chi connectivity index (χ0v) is 15.5. The molecule has 1 amide bonds. The van der Waals surface area contributed by atoms with Gasteiger partial charge in [0.2, 0.25) is 5.91 Å². The molecule has 1 aromatic rings. The standard InChI is InChI=1S/C20H31N3O3/c24-18(16-26-19-4-2-1-3-5-19)15-22-10-12-23(13-11-22)20(25)7-6-17-8-9-21-14-17/h1-5,17-18,21,24H,6-16H2. The minimum absolute atomic E-state index is 0.282. The molecule has 0 aromatic heterocycles. The molecule has 3 rings (SSSR count). The highest BCUT2D eigenvalue weighted by atomic mass is 16.5. The molecule has 0 bridgehead atoms. The fourth-order valence-corrected chi connectivity index (χ4v) is 3.69. The Morgan fingerprint density at radius 1 is 1.23 bits per heavy atom. The third-order valence-electron chi connectivity index (χ3n) is 5.31. The zero-order valence-electron chi connectivity index (χ0n) is 15.5. The second kappa shape index (κ2) is 9.90. The molecule has 1 aromatic carbocycles. The van der Waals surface area contributed by atoms with Crippen molar-refractivity contribution < 1.29 is 14.6 Å². The quantitative estimate of drug-likeness (QED) is 0.722. The van der Waals surface area contributed by atoms with Crippen molar-refractivity contribution in [1.82, 2.24) is 15.1 Å². The van der Waals surface area contributed by atoms with Crippen LogP contribution in [-0.4, -0.2) is 79.3 Å². The van der Waals surface area contributed by atoms with E-state index in [0.29, 0.717) is 25.5 Å². The minimum Gasteiger partial charge on any atom is -0.491 e. The molecule has 6 heteroatoms. The van der Waals surface area contributed by atoms with Gasteiger partial charge in [-0.3, -0.25) is 9.69 Å². The first kappa shape index (κ1) is 19.1. The predicted molar refractivity (Wildman–Crippen MR) is 101 cm³/mol. The number of hydrogen-bond acceptors (Lipinski definition) is 5. The third-order valence-corrected chi connectivity index (χ3v) is 5.31. The van der Waals surface area contributed by atoms with E-state index in [1.165, 1.54) is 6.42 Å². The summed E-state index contributed by atoms with van der Waals surface area (Å²) in [4.78, 5) is 16.6. The fourth-order valence-electron chi connectivity index (χ4n) is 3.69. The van der Waals surface area contributed by atoms with E-state index in [4.69, 9.17) is 4.74 Å². The Morgan fingerprint density at radius 2 is 2.00 bits per heavy atom. The Bertz CT molecular complexity index is 540. The van der Waals surface area contributed by atoms with Gasteiger partial charge in [0.05, 0.1) is 0 Å². The van der Waals surface area contributed by atoms with E-state index in [-0.39, 0.29) is 5.91 Å². The van der Waals surface area contributed by atoms with E-state index in [2.05, 4.69) is 10.2 Å². The highest BCUT2D eigenvalue weighted by molar-refractivity contribution is 5.76. The molecule has 2 aliphatic rings. The highest BCUT2D eigenvalue weighted by Crippen LogP contribution is 2.16. The van der Waals surface area contributed by atoms with Crippen molar-refractivity contribution in [3.8, 4) is 5.75 Å². The number of benzene rings is 1. The van der Waals surface area contributed by atoms with Crippen molar-refractivity contribution in [2.24, 2.45) is 5.92 Å².